The third-order valence-corrected chi connectivity index (χ3v) is 5.01. The van der Waals surface area contributed by atoms with Gasteiger partial charge < -0.3 is 0 Å². The molecule has 2 aromatic carbocycles. The first-order valence-corrected chi connectivity index (χ1v) is 9.18. The van der Waals surface area contributed by atoms with Crippen LogP contribution in [0.3, 0.4) is 0 Å². The Hall–Kier alpha value is -2.53. The molecule has 0 saturated heterocycles. The lowest BCUT2D eigenvalue weighted by molar-refractivity contribution is 0.185. The van der Waals surface area contributed by atoms with E-state index in [1.54, 1.807) is 0 Å². The normalized spacial score (nSPS) is 16.3. The van der Waals surface area contributed by atoms with Crippen molar-refractivity contribution in [3.05, 3.63) is 77.1 Å². The molecule has 134 valence electrons. The summed E-state index contributed by atoms with van der Waals surface area (Å²) in [7, 11) is 0. The second kappa shape index (κ2) is 6.65. The van der Waals surface area contributed by atoms with Crippen molar-refractivity contribution >= 4 is 0 Å². The second-order valence-electron chi connectivity index (χ2n) is 7.92. The van der Waals surface area contributed by atoms with E-state index in [4.69, 9.17) is 0 Å². The molecule has 5 heteroatoms. The molecule has 0 unspecified atom stereocenters. The standard InChI is InChI=1S/C21H25N5/c1-21(2,3)26-20(22-23-24-26)19(17-10-5-4-6-11-17)25-14-13-16-9-7-8-12-18(16)15-25/h4-12,19H,13-15H2,1-3H3/t19-/m1/s1. The number of tetrazole rings is 1. The van der Waals surface area contributed by atoms with Crippen molar-refractivity contribution in [2.24, 2.45) is 0 Å². The Balaban J connectivity index is 1.78. The highest BCUT2D eigenvalue weighted by molar-refractivity contribution is 5.31. The first-order chi connectivity index (χ1) is 12.5. The van der Waals surface area contributed by atoms with Crippen molar-refractivity contribution in [3.63, 3.8) is 0 Å². The van der Waals surface area contributed by atoms with E-state index >= 15 is 0 Å². The molecular formula is C21H25N5. The zero-order chi connectivity index (χ0) is 18.1. The van der Waals surface area contributed by atoms with Gasteiger partial charge in [0, 0.05) is 13.1 Å². The molecular weight excluding hydrogens is 322 g/mol. The minimum Gasteiger partial charge on any atom is -0.285 e. The van der Waals surface area contributed by atoms with Crippen molar-refractivity contribution in [1.29, 1.82) is 0 Å². The minimum absolute atomic E-state index is 0.0405. The fraction of sp³-hybridized carbons (Fsp3) is 0.381. The lowest BCUT2D eigenvalue weighted by Crippen LogP contribution is -2.38. The van der Waals surface area contributed by atoms with Crippen LogP contribution in [0.1, 0.15) is 49.3 Å². The Morgan fingerprint density at radius 2 is 1.62 bits per heavy atom. The summed E-state index contributed by atoms with van der Waals surface area (Å²) in [6, 6.07) is 19.3. The largest absolute Gasteiger partial charge is 0.285 e. The molecule has 0 radical (unpaired) electrons. The van der Waals surface area contributed by atoms with Crippen LogP contribution in [0, 0.1) is 0 Å². The van der Waals surface area contributed by atoms with Gasteiger partial charge in [-0.05, 0) is 54.3 Å². The van der Waals surface area contributed by atoms with E-state index in [-0.39, 0.29) is 11.6 Å². The smallest absolute Gasteiger partial charge is 0.173 e. The molecule has 26 heavy (non-hydrogen) atoms. The van der Waals surface area contributed by atoms with Gasteiger partial charge in [0.1, 0.15) is 0 Å². The molecule has 0 spiro atoms. The van der Waals surface area contributed by atoms with Crippen molar-refractivity contribution in [1.82, 2.24) is 25.1 Å². The minimum atomic E-state index is -0.167. The Labute approximate surface area is 154 Å². The van der Waals surface area contributed by atoms with E-state index in [0.29, 0.717) is 0 Å². The molecule has 4 rings (SSSR count). The molecule has 1 aliphatic rings. The molecule has 1 aromatic heterocycles. The average molecular weight is 347 g/mol. The number of hydrogen-bond acceptors (Lipinski definition) is 4. The molecule has 1 aliphatic heterocycles. The maximum atomic E-state index is 4.45. The summed E-state index contributed by atoms with van der Waals surface area (Å²) in [5, 5.41) is 12.8. The van der Waals surface area contributed by atoms with Crippen LogP contribution in [0.5, 0.6) is 0 Å². The molecule has 2 heterocycles. The zero-order valence-corrected chi connectivity index (χ0v) is 15.6. The Morgan fingerprint density at radius 1 is 0.923 bits per heavy atom. The van der Waals surface area contributed by atoms with Crippen LogP contribution < -0.4 is 0 Å². The van der Waals surface area contributed by atoms with Crippen molar-refractivity contribution in [3.8, 4) is 0 Å². The van der Waals surface area contributed by atoms with Gasteiger partial charge in [-0.1, -0.05) is 54.6 Å². The molecule has 5 nitrogen and oxygen atoms in total. The molecule has 0 fully saturated rings. The van der Waals surface area contributed by atoms with Crippen LogP contribution in [-0.2, 0) is 18.5 Å². The van der Waals surface area contributed by atoms with E-state index in [2.05, 4.69) is 95.8 Å². The van der Waals surface area contributed by atoms with Gasteiger partial charge >= 0.3 is 0 Å². The molecule has 0 saturated carbocycles. The van der Waals surface area contributed by atoms with Crippen LogP contribution in [0.4, 0.5) is 0 Å². The number of nitrogens with zero attached hydrogens (tertiary/aromatic N) is 5. The topological polar surface area (TPSA) is 46.8 Å². The van der Waals surface area contributed by atoms with Gasteiger partial charge in [0.05, 0.1) is 11.6 Å². The first-order valence-electron chi connectivity index (χ1n) is 9.18. The van der Waals surface area contributed by atoms with Gasteiger partial charge in [0.15, 0.2) is 5.82 Å². The van der Waals surface area contributed by atoms with Gasteiger partial charge in [-0.15, -0.1) is 5.10 Å². The molecule has 3 aromatic rings. The summed E-state index contributed by atoms with van der Waals surface area (Å²) in [4.78, 5) is 2.49. The van der Waals surface area contributed by atoms with Crippen molar-refractivity contribution in [2.75, 3.05) is 6.54 Å². The van der Waals surface area contributed by atoms with E-state index in [9.17, 15) is 0 Å². The van der Waals surface area contributed by atoms with Crippen LogP contribution in [0.15, 0.2) is 54.6 Å². The van der Waals surface area contributed by atoms with Gasteiger partial charge in [-0.25, -0.2) is 4.68 Å². The third kappa shape index (κ3) is 3.15. The van der Waals surface area contributed by atoms with E-state index in [1.807, 2.05) is 4.68 Å². The Morgan fingerprint density at radius 3 is 2.35 bits per heavy atom. The first kappa shape index (κ1) is 16.9. The summed E-state index contributed by atoms with van der Waals surface area (Å²) in [5.41, 5.74) is 3.91. The van der Waals surface area contributed by atoms with Crippen LogP contribution in [-0.4, -0.2) is 31.7 Å². The number of hydrogen-bond donors (Lipinski definition) is 0. The molecule has 0 amide bonds. The van der Waals surface area contributed by atoms with Crippen LogP contribution >= 0.6 is 0 Å². The summed E-state index contributed by atoms with van der Waals surface area (Å²) in [5.74, 6) is 0.906. The Bertz CT molecular complexity index is 879. The van der Waals surface area contributed by atoms with Crippen LogP contribution in [0.25, 0.3) is 0 Å². The average Bonchev–Trinajstić information content (AvgIpc) is 3.13. The van der Waals surface area contributed by atoms with Gasteiger partial charge in [0.25, 0.3) is 0 Å². The Kier molecular flexibility index (Phi) is 4.32. The summed E-state index contributed by atoms with van der Waals surface area (Å²) in [6.45, 7) is 8.32. The maximum absolute atomic E-state index is 4.45. The van der Waals surface area contributed by atoms with Crippen LogP contribution in [0.2, 0.25) is 0 Å². The third-order valence-electron chi connectivity index (χ3n) is 5.01. The highest BCUT2D eigenvalue weighted by atomic mass is 15.6. The van der Waals surface area contributed by atoms with E-state index in [0.717, 1.165) is 25.3 Å². The second-order valence-corrected chi connectivity index (χ2v) is 7.92. The number of fused-ring (bicyclic) bond motifs is 1. The predicted molar refractivity (Wildman–Crippen MR) is 102 cm³/mol. The summed E-state index contributed by atoms with van der Waals surface area (Å²) < 4.78 is 1.96. The van der Waals surface area contributed by atoms with E-state index in [1.165, 1.54) is 16.7 Å². The molecule has 0 N–H and O–H groups in total. The lowest BCUT2D eigenvalue weighted by Gasteiger charge is -2.36. The SMILES string of the molecule is CC(C)(C)n1nnnc1[C@@H](c1ccccc1)N1CCc2ccccc2C1. The highest BCUT2D eigenvalue weighted by Gasteiger charge is 2.32. The zero-order valence-electron chi connectivity index (χ0n) is 15.6. The molecule has 1 atom stereocenters. The maximum Gasteiger partial charge on any atom is 0.173 e. The lowest BCUT2D eigenvalue weighted by atomic mass is 9.95. The molecule has 0 aliphatic carbocycles. The van der Waals surface area contributed by atoms with Gasteiger partial charge in [0.2, 0.25) is 0 Å². The van der Waals surface area contributed by atoms with Crippen molar-refractivity contribution in [2.45, 2.75) is 45.3 Å². The highest BCUT2D eigenvalue weighted by Crippen LogP contribution is 2.33. The number of rotatable bonds is 3. The van der Waals surface area contributed by atoms with Gasteiger partial charge in [-0.3, -0.25) is 4.90 Å². The predicted octanol–water partition coefficient (Wildman–Crippen LogP) is 3.58. The summed E-state index contributed by atoms with van der Waals surface area (Å²) >= 11 is 0. The summed E-state index contributed by atoms with van der Waals surface area (Å²) in [6.07, 6.45) is 1.05. The molecule has 0 bridgehead atoms. The fourth-order valence-electron chi connectivity index (χ4n) is 3.74. The van der Waals surface area contributed by atoms with Crippen molar-refractivity contribution < 1.29 is 0 Å². The van der Waals surface area contributed by atoms with E-state index < -0.39 is 0 Å². The number of aromatic nitrogens is 4. The fourth-order valence-corrected chi connectivity index (χ4v) is 3.74. The monoisotopic (exact) mass is 347 g/mol. The number of benzene rings is 2. The quantitative estimate of drug-likeness (QED) is 0.727. The van der Waals surface area contributed by atoms with Gasteiger partial charge in [-0.2, -0.15) is 0 Å².